The molecule has 15 heavy (non-hydrogen) atoms. The first-order valence-corrected chi connectivity index (χ1v) is 6.61. The van der Waals surface area contributed by atoms with Crippen LogP contribution in [0.3, 0.4) is 0 Å². The zero-order valence-corrected chi connectivity index (χ0v) is 9.89. The van der Waals surface area contributed by atoms with E-state index in [1.54, 1.807) is 11.8 Å². The second-order valence-electron chi connectivity index (χ2n) is 3.92. The number of hydrogen-bond acceptors (Lipinski definition) is 3. The summed E-state index contributed by atoms with van der Waals surface area (Å²) < 4.78 is 0. The molecule has 0 aliphatic heterocycles. The molecule has 0 heterocycles. The van der Waals surface area contributed by atoms with Crippen LogP contribution in [0.2, 0.25) is 0 Å². The first-order chi connectivity index (χ1) is 7.24. The average Bonchev–Trinajstić information content (AvgIpc) is 2.64. The number of hydrogen-bond donors (Lipinski definition) is 2. The summed E-state index contributed by atoms with van der Waals surface area (Å²) in [5.74, 6) is 2.24. The molecule has 1 aliphatic rings. The maximum Gasteiger partial charge on any atom is 0.223 e. The molecule has 0 aromatic heterocycles. The smallest absolute Gasteiger partial charge is 0.223 e. The molecule has 3 N–H and O–H groups in total. The molecule has 1 aliphatic carbocycles. The Balaban J connectivity index is 2.05. The zero-order chi connectivity index (χ0) is 11.1. The molecule has 0 radical (unpaired) electrons. The number of thioether (sulfide) groups is 1. The van der Waals surface area contributed by atoms with Gasteiger partial charge in [-0.25, -0.2) is 0 Å². The molecule has 1 saturated carbocycles. The van der Waals surface area contributed by atoms with Gasteiger partial charge in [-0.3, -0.25) is 4.79 Å². The fraction of sp³-hybridized carbons (Fsp3) is 0.727. The van der Waals surface area contributed by atoms with Crippen molar-refractivity contribution in [3.05, 3.63) is 12.7 Å². The van der Waals surface area contributed by atoms with Crippen LogP contribution in [-0.2, 0) is 4.79 Å². The highest BCUT2D eigenvalue weighted by molar-refractivity contribution is 7.99. The lowest BCUT2D eigenvalue weighted by Gasteiger charge is -2.10. The first kappa shape index (κ1) is 12.6. The Morgan fingerprint density at radius 3 is 3.00 bits per heavy atom. The Bertz CT molecular complexity index is 221. The van der Waals surface area contributed by atoms with Crippen LogP contribution in [0, 0.1) is 5.92 Å². The minimum absolute atomic E-state index is 0.157. The number of carbonyl (C=O) groups is 1. The third kappa shape index (κ3) is 4.71. The molecule has 0 saturated heterocycles. The van der Waals surface area contributed by atoms with Crippen LogP contribution in [0.25, 0.3) is 0 Å². The predicted molar refractivity (Wildman–Crippen MR) is 65.8 cm³/mol. The van der Waals surface area contributed by atoms with Crippen molar-refractivity contribution in [2.75, 3.05) is 18.1 Å². The normalized spacial score (nSPS) is 25.1. The molecule has 2 unspecified atom stereocenters. The molecule has 0 aromatic carbocycles. The van der Waals surface area contributed by atoms with Gasteiger partial charge < -0.3 is 11.1 Å². The minimum Gasteiger partial charge on any atom is -0.355 e. The van der Waals surface area contributed by atoms with E-state index in [1.807, 2.05) is 6.08 Å². The van der Waals surface area contributed by atoms with Crippen molar-refractivity contribution >= 4 is 17.7 Å². The lowest BCUT2D eigenvalue weighted by Crippen LogP contribution is -2.32. The van der Waals surface area contributed by atoms with Gasteiger partial charge in [0.25, 0.3) is 0 Å². The van der Waals surface area contributed by atoms with Crippen LogP contribution in [0.15, 0.2) is 12.7 Å². The Hall–Kier alpha value is -0.480. The van der Waals surface area contributed by atoms with Crippen LogP contribution >= 0.6 is 11.8 Å². The van der Waals surface area contributed by atoms with Crippen LogP contribution < -0.4 is 11.1 Å². The molecule has 1 amide bonds. The number of nitrogens with two attached hydrogens (primary N) is 1. The quantitative estimate of drug-likeness (QED) is 0.529. The summed E-state index contributed by atoms with van der Waals surface area (Å²) in [6.45, 7) is 4.40. The molecule has 1 fully saturated rings. The Morgan fingerprint density at radius 2 is 2.40 bits per heavy atom. The molecule has 86 valence electrons. The van der Waals surface area contributed by atoms with E-state index in [0.29, 0.717) is 0 Å². The largest absolute Gasteiger partial charge is 0.355 e. The minimum atomic E-state index is 0.157. The summed E-state index contributed by atoms with van der Waals surface area (Å²) in [7, 11) is 0. The van der Waals surface area contributed by atoms with Gasteiger partial charge in [-0.15, -0.1) is 6.58 Å². The maximum absolute atomic E-state index is 11.6. The first-order valence-electron chi connectivity index (χ1n) is 5.46. The van der Waals surface area contributed by atoms with Crippen molar-refractivity contribution in [1.29, 1.82) is 0 Å². The highest BCUT2D eigenvalue weighted by Crippen LogP contribution is 2.23. The molecule has 0 spiro atoms. The summed E-state index contributed by atoms with van der Waals surface area (Å²) in [6, 6.07) is 0.232. The van der Waals surface area contributed by atoms with Crippen molar-refractivity contribution in [3.63, 3.8) is 0 Å². The second kappa shape index (κ2) is 6.90. The third-order valence-electron chi connectivity index (χ3n) is 2.63. The van der Waals surface area contributed by atoms with Crippen molar-refractivity contribution in [2.24, 2.45) is 11.7 Å². The van der Waals surface area contributed by atoms with Gasteiger partial charge >= 0.3 is 0 Å². The van der Waals surface area contributed by atoms with Crippen LogP contribution in [0.1, 0.15) is 19.3 Å². The average molecular weight is 228 g/mol. The Labute approximate surface area is 95.9 Å². The molecule has 3 nitrogen and oxygen atoms in total. The monoisotopic (exact) mass is 228 g/mol. The molecule has 0 aromatic rings. The predicted octanol–water partition coefficient (Wildman–Crippen LogP) is 1.15. The van der Waals surface area contributed by atoms with Crippen molar-refractivity contribution in [3.8, 4) is 0 Å². The summed E-state index contributed by atoms with van der Waals surface area (Å²) in [5.41, 5.74) is 5.76. The standard InChI is InChI=1S/C11H20N2OS/c1-2-6-15-7-5-13-11(14)9-3-4-10(12)8-9/h2,9-10H,1,3-8,12H2,(H,13,14). The van der Waals surface area contributed by atoms with E-state index in [2.05, 4.69) is 11.9 Å². The van der Waals surface area contributed by atoms with E-state index in [9.17, 15) is 4.79 Å². The summed E-state index contributed by atoms with van der Waals surface area (Å²) >= 11 is 1.78. The van der Waals surface area contributed by atoms with Crippen LogP contribution in [0.5, 0.6) is 0 Å². The summed E-state index contributed by atoms with van der Waals surface area (Å²) in [5, 5.41) is 2.95. The van der Waals surface area contributed by atoms with Gasteiger partial charge in [0.15, 0.2) is 0 Å². The van der Waals surface area contributed by atoms with Crippen LogP contribution in [0.4, 0.5) is 0 Å². The van der Waals surface area contributed by atoms with E-state index in [0.717, 1.165) is 37.3 Å². The fourth-order valence-corrected chi connectivity index (χ4v) is 2.39. The second-order valence-corrected chi connectivity index (χ2v) is 5.07. The van der Waals surface area contributed by atoms with Gasteiger partial charge in [-0.1, -0.05) is 6.08 Å². The molecule has 0 bridgehead atoms. The third-order valence-corrected chi connectivity index (χ3v) is 3.59. The zero-order valence-electron chi connectivity index (χ0n) is 9.08. The topological polar surface area (TPSA) is 55.1 Å². The van der Waals surface area contributed by atoms with Crippen molar-refractivity contribution < 1.29 is 4.79 Å². The van der Waals surface area contributed by atoms with Gasteiger partial charge in [0.05, 0.1) is 0 Å². The molecular weight excluding hydrogens is 208 g/mol. The molecular formula is C11H20N2OS. The van der Waals surface area contributed by atoms with Gasteiger partial charge in [0.2, 0.25) is 5.91 Å². The molecule has 1 rings (SSSR count). The summed E-state index contributed by atoms with van der Waals surface area (Å²) in [6.07, 6.45) is 4.67. The lowest BCUT2D eigenvalue weighted by atomic mass is 10.1. The maximum atomic E-state index is 11.6. The van der Waals surface area contributed by atoms with Crippen molar-refractivity contribution in [1.82, 2.24) is 5.32 Å². The highest BCUT2D eigenvalue weighted by Gasteiger charge is 2.27. The van der Waals surface area contributed by atoms with E-state index >= 15 is 0 Å². The fourth-order valence-electron chi connectivity index (χ4n) is 1.81. The molecule has 4 heteroatoms. The van der Waals surface area contributed by atoms with E-state index < -0.39 is 0 Å². The lowest BCUT2D eigenvalue weighted by molar-refractivity contribution is -0.124. The van der Waals surface area contributed by atoms with Gasteiger partial charge in [0.1, 0.15) is 0 Å². The van der Waals surface area contributed by atoms with E-state index in [4.69, 9.17) is 5.73 Å². The number of amides is 1. The number of nitrogens with one attached hydrogen (secondary N) is 1. The Morgan fingerprint density at radius 1 is 1.60 bits per heavy atom. The summed E-state index contributed by atoms with van der Waals surface area (Å²) in [4.78, 5) is 11.6. The van der Waals surface area contributed by atoms with Crippen molar-refractivity contribution in [2.45, 2.75) is 25.3 Å². The number of carbonyl (C=O) groups excluding carboxylic acids is 1. The Kier molecular flexibility index (Phi) is 5.79. The van der Waals surface area contributed by atoms with E-state index in [-0.39, 0.29) is 17.9 Å². The molecule has 2 atom stereocenters. The van der Waals surface area contributed by atoms with E-state index in [1.165, 1.54) is 0 Å². The highest BCUT2D eigenvalue weighted by atomic mass is 32.2. The van der Waals surface area contributed by atoms with Crippen LogP contribution in [-0.4, -0.2) is 30.0 Å². The number of rotatable bonds is 6. The van der Waals surface area contributed by atoms with Gasteiger partial charge in [0, 0.05) is 30.0 Å². The van der Waals surface area contributed by atoms with Gasteiger partial charge in [-0.05, 0) is 19.3 Å². The SMILES string of the molecule is C=CCSCCNC(=O)C1CCC(N)C1. The van der Waals surface area contributed by atoms with Gasteiger partial charge in [-0.2, -0.15) is 11.8 Å².